The summed E-state index contributed by atoms with van der Waals surface area (Å²) >= 11 is 0. The van der Waals surface area contributed by atoms with Crippen molar-refractivity contribution in [2.75, 3.05) is 9.80 Å². The largest absolute Gasteiger partial charge is 0.509 e. The van der Waals surface area contributed by atoms with Crippen LogP contribution in [0.4, 0.5) is 22.7 Å². The molecule has 0 bridgehead atoms. The zero-order valence-electron chi connectivity index (χ0n) is 49.3. The Hall–Kier alpha value is -7.20. The second-order valence-electron chi connectivity index (χ2n) is 24.5. The molecule has 1 aliphatic rings. The van der Waals surface area contributed by atoms with Gasteiger partial charge >= 0.3 is 0 Å². The normalized spacial score (nSPS) is 13.8. The molecule has 0 radical (unpaired) electrons. The molecule has 8 aromatic carbocycles. The number of para-hydroxylation sites is 3. The van der Waals surface area contributed by atoms with Gasteiger partial charge in [-0.15, -0.1) is 48.1 Å². The fourth-order valence-corrected chi connectivity index (χ4v) is 10.4. The van der Waals surface area contributed by atoms with Gasteiger partial charge in [0.1, 0.15) is 5.82 Å². The van der Waals surface area contributed by atoms with Crippen LogP contribution < -0.4 is 14.5 Å². The molecule has 77 heavy (non-hydrogen) atoms. The second kappa shape index (κ2) is 20.0. The first-order chi connectivity index (χ1) is 37.3. The molecule has 5 nitrogen and oxygen atoms in total. The number of ether oxygens (including phenoxy) is 1. The Morgan fingerprint density at radius 3 is 1.71 bits per heavy atom. The van der Waals surface area contributed by atoms with Crippen LogP contribution in [0.2, 0.25) is 0 Å². The summed E-state index contributed by atoms with van der Waals surface area (Å²) in [6.45, 7) is 26.6. The maximum atomic E-state index is 8.78. The van der Waals surface area contributed by atoms with Crippen LogP contribution in [0.5, 0.6) is 11.5 Å². The third-order valence-electron chi connectivity index (χ3n) is 14.9. The molecular weight excluding hydrogens is 1120 g/mol. The molecule has 0 unspecified atom stereocenters. The third-order valence-corrected chi connectivity index (χ3v) is 14.9. The van der Waals surface area contributed by atoms with Crippen LogP contribution in [0.3, 0.4) is 0 Å². The van der Waals surface area contributed by atoms with E-state index in [1.54, 1.807) is 12.3 Å². The van der Waals surface area contributed by atoms with Crippen molar-refractivity contribution in [2.45, 2.75) is 112 Å². The second-order valence-corrected chi connectivity index (χ2v) is 24.5. The van der Waals surface area contributed by atoms with Gasteiger partial charge in [0.25, 0.3) is 0 Å². The predicted octanol–water partition coefficient (Wildman–Crippen LogP) is 19.5. The summed E-state index contributed by atoms with van der Waals surface area (Å²) in [6, 6.07) is 66.6. The molecule has 0 saturated heterocycles. The number of hydrogen-bond donors (Lipinski definition) is 0. The van der Waals surface area contributed by atoms with E-state index < -0.39 is 6.85 Å². The Morgan fingerprint density at radius 2 is 1.06 bits per heavy atom. The number of pyridine rings is 1. The molecule has 11 rings (SSSR count). The number of fused-ring (bicyclic) bond motifs is 4. The van der Waals surface area contributed by atoms with Crippen molar-refractivity contribution in [1.82, 2.24) is 9.55 Å². The predicted molar refractivity (Wildman–Crippen MR) is 320 cm³/mol. The van der Waals surface area contributed by atoms with E-state index in [0.29, 0.717) is 28.4 Å². The smallest absolute Gasteiger partial charge is 0.135 e. The van der Waals surface area contributed by atoms with Crippen molar-refractivity contribution < 1.29 is 29.9 Å². The molecule has 10 aromatic rings. The first kappa shape index (κ1) is 49.4. The summed E-state index contributed by atoms with van der Waals surface area (Å²) in [5.41, 5.74) is 16.4. The van der Waals surface area contributed by atoms with Gasteiger partial charge in [0, 0.05) is 82.1 Å². The van der Waals surface area contributed by atoms with Gasteiger partial charge < -0.3 is 19.1 Å². The first-order valence-electron chi connectivity index (χ1n) is 28.0. The summed E-state index contributed by atoms with van der Waals surface area (Å²) in [7, 11) is 0. The molecule has 0 aliphatic carbocycles. The average Bonchev–Trinajstić information content (AvgIpc) is 3.95. The van der Waals surface area contributed by atoms with E-state index in [4.69, 9.17) is 13.8 Å². The summed E-state index contributed by atoms with van der Waals surface area (Å²) in [5.74, 6) is 1.47. The summed E-state index contributed by atoms with van der Waals surface area (Å²) in [6.07, 6.45) is 1.70. The minimum absolute atomic E-state index is 0. The SMILES string of the molecule is [2H]C([2H])([2H])c1cc(-n2c3[c-]c(Oc4[c-]c(N5[CH-]N(c6c(-c7ccccc7)cccc6-c6cc(C(C)(C)C)cc(C(C)(C)C)c6)c6ccccc65)ccc4)ccc3c3cc(C(C)(C)C)ccc32)ncc1-c1ccc(C(C)(C)C)cc1.[Pt]. The maximum absolute atomic E-state index is 8.78. The van der Waals surface area contributed by atoms with Gasteiger partial charge in [-0.2, -0.15) is 12.1 Å². The molecule has 1 aliphatic heterocycles. The van der Waals surface area contributed by atoms with Crippen molar-refractivity contribution in [3.05, 3.63) is 223 Å². The van der Waals surface area contributed by atoms with Crippen LogP contribution in [0, 0.1) is 25.7 Å². The van der Waals surface area contributed by atoms with Gasteiger partial charge in [0.05, 0.1) is 0 Å². The van der Waals surface area contributed by atoms with E-state index in [-0.39, 0.29) is 48.3 Å². The number of aryl methyl sites for hydroxylation is 1. The fraction of sp³-hybridized carbons (Fsp3) is 0.239. The third kappa shape index (κ3) is 10.3. The number of rotatable bonds is 8. The van der Waals surface area contributed by atoms with Crippen LogP contribution in [0.1, 0.15) is 115 Å². The Kier molecular flexibility index (Phi) is 12.8. The van der Waals surface area contributed by atoms with Gasteiger partial charge in [-0.3, -0.25) is 0 Å². The average molecular weight is 1190 g/mol. The number of nitrogens with zero attached hydrogens (tertiary/aromatic N) is 4. The van der Waals surface area contributed by atoms with Crippen molar-refractivity contribution in [1.29, 1.82) is 0 Å². The molecular formula is C71H69N4OPt-3. The number of aromatic nitrogens is 2. The molecule has 392 valence electrons. The monoisotopic (exact) mass is 1190 g/mol. The number of hydrogen-bond acceptors (Lipinski definition) is 4. The molecule has 0 saturated carbocycles. The first-order valence-corrected chi connectivity index (χ1v) is 26.5. The molecule has 6 heteroatoms. The van der Waals surface area contributed by atoms with E-state index in [1.165, 1.54) is 27.8 Å². The van der Waals surface area contributed by atoms with E-state index in [1.807, 2.05) is 34.9 Å². The maximum Gasteiger partial charge on any atom is 0.135 e. The van der Waals surface area contributed by atoms with Crippen LogP contribution in [0.15, 0.2) is 176 Å². The van der Waals surface area contributed by atoms with Crippen molar-refractivity contribution in [2.24, 2.45) is 0 Å². The van der Waals surface area contributed by atoms with E-state index >= 15 is 0 Å². The zero-order valence-corrected chi connectivity index (χ0v) is 48.6. The molecule has 0 fully saturated rings. The minimum atomic E-state index is -2.42. The summed E-state index contributed by atoms with van der Waals surface area (Å²) in [5, 5.41) is 1.96. The topological polar surface area (TPSA) is 33.5 Å². The quantitative estimate of drug-likeness (QED) is 0.142. The van der Waals surface area contributed by atoms with Crippen LogP contribution in [-0.2, 0) is 42.7 Å². The summed E-state index contributed by atoms with van der Waals surface area (Å²) < 4.78 is 35.1. The van der Waals surface area contributed by atoms with Crippen LogP contribution >= 0.6 is 0 Å². The molecule has 0 atom stereocenters. The van der Waals surface area contributed by atoms with E-state index in [0.717, 1.165) is 61.3 Å². The van der Waals surface area contributed by atoms with Crippen LogP contribution in [-0.4, -0.2) is 9.55 Å². The molecule has 3 heterocycles. The Bertz CT molecular complexity index is 3910. The Balaban J connectivity index is 0.00000720. The van der Waals surface area contributed by atoms with Crippen molar-refractivity contribution in [3.63, 3.8) is 0 Å². The zero-order chi connectivity index (χ0) is 56.0. The van der Waals surface area contributed by atoms with Gasteiger partial charge in [-0.1, -0.05) is 204 Å². The molecule has 0 N–H and O–H groups in total. The van der Waals surface area contributed by atoms with Gasteiger partial charge in [-0.05, 0) is 103 Å². The van der Waals surface area contributed by atoms with E-state index in [2.05, 4.69) is 245 Å². The van der Waals surface area contributed by atoms with Gasteiger partial charge in [0.15, 0.2) is 0 Å². The molecule has 2 aromatic heterocycles. The van der Waals surface area contributed by atoms with Crippen LogP contribution in [0.25, 0.3) is 61.0 Å². The van der Waals surface area contributed by atoms with Crippen molar-refractivity contribution >= 4 is 44.6 Å². The number of benzene rings is 8. The fourth-order valence-electron chi connectivity index (χ4n) is 10.4. The van der Waals surface area contributed by atoms with Gasteiger partial charge in [0.2, 0.25) is 0 Å². The molecule has 0 spiro atoms. The Labute approximate surface area is 476 Å². The standard InChI is InChI=1S/C71H69N4O.Pt/c1-46-37-66(72-44-61(46)48-29-31-50(32-30-48)68(2,3)4)75-62-36-33-51(69(5,6)7)41-60(62)59-35-34-56(43-65(59)75)76-55-24-19-23-54(42-55)73-45-74(64-28-18-17-27-63(64)73)67-57(47-21-15-14-16-22-47)25-20-26-58(67)49-38-52(70(8,9)10)40-53(39-49)71(11,12)13;/h14-41,44-45H,1-13H3;/q-3;/i1D3;. The minimum Gasteiger partial charge on any atom is -0.509 e. The molecule has 0 amide bonds. The van der Waals surface area contributed by atoms with Crippen molar-refractivity contribution in [3.8, 4) is 50.7 Å². The van der Waals surface area contributed by atoms with E-state index in [9.17, 15) is 0 Å². The van der Waals surface area contributed by atoms with Gasteiger partial charge in [-0.25, -0.2) is 4.98 Å². The Morgan fingerprint density at radius 1 is 0.481 bits per heavy atom. The number of anilines is 4. The summed E-state index contributed by atoms with van der Waals surface area (Å²) in [4.78, 5) is 9.56.